The van der Waals surface area contributed by atoms with E-state index in [2.05, 4.69) is 0 Å². The SMILES string of the molecule is CN(C)c1ccc(C([n+]2ccc([S+](C)[O-])cc2)=S(=O)=O)cc1.F[B-](F)(F)F. The highest BCUT2D eigenvalue weighted by Gasteiger charge is 2.20. The van der Waals surface area contributed by atoms with Crippen LogP contribution in [0.25, 0.3) is 0 Å². The Labute approximate surface area is 159 Å². The van der Waals surface area contributed by atoms with E-state index >= 15 is 0 Å². The van der Waals surface area contributed by atoms with Gasteiger partial charge in [-0.2, -0.15) is 13.0 Å². The van der Waals surface area contributed by atoms with E-state index in [4.69, 9.17) is 0 Å². The highest BCUT2D eigenvalue weighted by Crippen LogP contribution is 2.12. The lowest BCUT2D eigenvalue weighted by Crippen LogP contribution is -2.43. The first-order valence-electron chi connectivity index (χ1n) is 7.36. The van der Waals surface area contributed by atoms with Crippen molar-refractivity contribution in [3.63, 3.8) is 0 Å². The molecule has 0 fully saturated rings. The summed E-state index contributed by atoms with van der Waals surface area (Å²) in [5, 5.41) is 0. The number of nitrogens with zero attached hydrogens (tertiary/aromatic N) is 2. The van der Waals surface area contributed by atoms with Gasteiger partial charge in [0.25, 0.3) is 10.3 Å². The highest BCUT2D eigenvalue weighted by atomic mass is 32.2. The molecule has 1 heterocycles. The number of anilines is 1. The summed E-state index contributed by atoms with van der Waals surface area (Å²) in [7, 11) is -4.56. The zero-order valence-corrected chi connectivity index (χ0v) is 16.3. The minimum absolute atomic E-state index is 0.152. The lowest BCUT2D eigenvalue weighted by Gasteiger charge is -2.11. The zero-order valence-electron chi connectivity index (χ0n) is 14.6. The molecular formula is C15H17BF4N2O3S2. The molecule has 12 heteroatoms. The molecule has 1 aromatic heterocycles. The van der Waals surface area contributed by atoms with Crippen molar-refractivity contribution in [1.29, 1.82) is 0 Å². The van der Waals surface area contributed by atoms with Crippen molar-refractivity contribution in [3.8, 4) is 0 Å². The van der Waals surface area contributed by atoms with E-state index in [1.165, 1.54) is 4.57 Å². The van der Waals surface area contributed by atoms with E-state index in [1.807, 2.05) is 31.1 Å². The maximum atomic E-state index is 11.6. The minimum atomic E-state index is -6.00. The molecule has 1 aromatic carbocycles. The number of hydrogen-bond acceptors (Lipinski definition) is 4. The molecule has 0 bridgehead atoms. The van der Waals surface area contributed by atoms with Gasteiger partial charge in [0, 0.05) is 19.8 Å². The van der Waals surface area contributed by atoms with Crippen molar-refractivity contribution in [1.82, 2.24) is 0 Å². The van der Waals surface area contributed by atoms with E-state index < -0.39 is 28.7 Å². The van der Waals surface area contributed by atoms with Crippen LogP contribution in [0.3, 0.4) is 0 Å². The molecule has 0 N–H and O–H groups in total. The molecule has 0 spiro atoms. The van der Waals surface area contributed by atoms with E-state index in [0.717, 1.165) is 5.69 Å². The number of hydrogen-bond donors (Lipinski definition) is 0. The second-order valence-corrected chi connectivity index (χ2v) is 7.61. The van der Waals surface area contributed by atoms with Gasteiger partial charge in [-0.1, -0.05) is 0 Å². The van der Waals surface area contributed by atoms with Gasteiger partial charge in [-0.3, -0.25) is 0 Å². The molecule has 5 nitrogen and oxygen atoms in total. The van der Waals surface area contributed by atoms with Crippen LogP contribution < -0.4 is 9.47 Å². The van der Waals surface area contributed by atoms with Crippen molar-refractivity contribution < 1.29 is 34.8 Å². The number of halogens is 4. The lowest BCUT2D eigenvalue weighted by molar-refractivity contribution is -0.551. The van der Waals surface area contributed by atoms with Crippen LogP contribution in [0.5, 0.6) is 0 Å². The van der Waals surface area contributed by atoms with Gasteiger partial charge in [-0.15, -0.1) is 0 Å². The molecule has 0 saturated carbocycles. The average Bonchev–Trinajstić information content (AvgIpc) is 2.54. The van der Waals surface area contributed by atoms with E-state index in [-0.39, 0.29) is 4.99 Å². The van der Waals surface area contributed by atoms with E-state index in [9.17, 15) is 30.2 Å². The minimum Gasteiger partial charge on any atom is -0.612 e. The van der Waals surface area contributed by atoms with Gasteiger partial charge in [0.1, 0.15) is 6.26 Å². The van der Waals surface area contributed by atoms with Crippen molar-refractivity contribution in [3.05, 3.63) is 54.4 Å². The first-order chi connectivity index (χ1) is 12.4. The summed E-state index contributed by atoms with van der Waals surface area (Å²) >= 11 is -1.10. The van der Waals surface area contributed by atoms with Gasteiger partial charge in [0.2, 0.25) is 0 Å². The van der Waals surface area contributed by atoms with Gasteiger partial charge < -0.3 is 26.7 Å². The number of benzene rings is 1. The Balaban J connectivity index is 0.000000646. The van der Waals surface area contributed by atoms with E-state index in [0.29, 0.717) is 10.5 Å². The van der Waals surface area contributed by atoms with Crippen LogP contribution in [0, 0.1) is 0 Å². The maximum absolute atomic E-state index is 11.6. The van der Waals surface area contributed by atoms with Gasteiger partial charge in [0.15, 0.2) is 17.3 Å². The van der Waals surface area contributed by atoms with E-state index in [1.54, 1.807) is 42.9 Å². The predicted octanol–water partition coefficient (Wildman–Crippen LogP) is 1.98. The molecule has 2 aromatic rings. The topological polar surface area (TPSA) is 64.3 Å². The third-order valence-corrected chi connectivity index (χ3v) is 4.85. The largest absolute Gasteiger partial charge is 0.673 e. The fraction of sp³-hybridized carbons (Fsp3) is 0.200. The van der Waals surface area contributed by atoms with Gasteiger partial charge >= 0.3 is 12.2 Å². The first-order valence-corrected chi connectivity index (χ1v) is 10.00. The predicted molar refractivity (Wildman–Crippen MR) is 98.4 cm³/mol. The van der Waals surface area contributed by atoms with Crippen LogP contribution >= 0.6 is 0 Å². The molecule has 0 radical (unpaired) electrons. The molecule has 1 unspecified atom stereocenters. The maximum Gasteiger partial charge on any atom is 0.673 e. The first kappa shape index (κ1) is 23.0. The molecule has 0 aliphatic heterocycles. The summed E-state index contributed by atoms with van der Waals surface area (Å²) in [5.41, 5.74) is 1.58. The number of aromatic nitrogens is 1. The third kappa shape index (κ3) is 8.02. The Kier molecular flexibility index (Phi) is 8.32. The van der Waals surface area contributed by atoms with Crippen molar-refractivity contribution in [2.24, 2.45) is 0 Å². The summed E-state index contributed by atoms with van der Waals surface area (Å²) in [6.07, 6.45) is 4.78. The second-order valence-electron chi connectivity index (χ2n) is 5.37. The monoisotopic (exact) mass is 424 g/mol. The summed E-state index contributed by atoms with van der Waals surface area (Å²) in [4.78, 5) is 2.74. The van der Waals surface area contributed by atoms with Crippen LogP contribution in [0.1, 0.15) is 5.56 Å². The Morgan fingerprint density at radius 3 is 1.81 bits per heavy atom. The molecule has 0 aliphatic carbocycles. The fourth-order valence-electron chi connectivity index (χ4n) is 1.97. The molecule has 0 saturated heterocycles. The second kappa shape index (κ2) is 9.76. The zero-order chi connectivity index (χ0) is 20.8. The Morgan fingerprint density at radius 2 is 1.48 bits per heavy atom. The van der Waals surface area contributed by atoms with Gasteiger partial charge in [-0.05, 0) is 35.4 Å². The highest BCUT2D eigenvalue weighted by molar-refractivity contribution is 7.90. The van der Waals surface area contributed by atoms with Crippen LogP contribution in [0.15, 0.2) is 53.7 Å². The number of pyridine rings is 1. The summed E-state index contributed by atoms with van der Waals surface area (Å²) < 4.78 is 75.1. The Morgan fingerprint density at radius 1 is 1.04 bits per heavy atom. The van der Waals surface area contributed by atoms with Crippen LogP contribution in [0.2, 0.25) is 0 Å². The summed E-state index contributed by atoms with van der Waals surface area (Å²) in [6, 6.07) is 10.5. The number of rotatable bonds is 3. The van der Waals surface area contributed by atoms with Crippen molar-refractivity contribution in [2.45, 2.75) is 4.90 Å². The summed E-state index contributed by atoms with van der Waals surface area (Å²) in [6.45, 7) is 0. The fourth-order valence-corrected chi connectivity index (χ4v) is 3.10. The Bertz CT molecular complexity index is 817. The van der Waals surface area contributed by atoms with Crippen LogP contribution in [-0.2, 0) is 21.5 Å². The molecule has 148 valence electrons. The standard InChI is InChI=1S/C15H17N2O3S2.BF4/c1-16(2)13-6-4-12(5-7-13)15(22(19)20)17-10-8-14(9-11-17)21(3)18;2-1(3,4)5/h4-11H,1-3H3;/q+1;-1. The van der Waals surface area contributed by atoms with Gasteiger partial charge in [0.05, 0.1) is 17.7 Å². The lowest BCUT2D eigenvalue weighted by atomic mass is 10.2. The van der Waals surface area contributed by atoms with Gasteiger partial charge in [-0.25, -0.2) is 0 Å². The summed E-state index contributed by atoms with van der Waals surface area (Å²) in [5.74, 6) is 0. The Hall–Kier alpha value is -2.05. The normalized spacial score (nSPS) is 11.9. The molecule has 1 atom stereocenters. The molecule has 0 aliphatic rings. The van der Waals surface area contributed by atoms with Crippen molar-refractivity contribution in [2.75, 3.05) is 25.3 Å². The van der Waals surface area contributed by atoms with Crippen molar-refractivity contribution >= 4 is 39.4 Å². The third-order valence-electron chi connectivity index (χ3n) is 3.15. The molecule has 27 heavy (non-hydrogen) atoms. The van der Waals surface area contributed by atoms with Crippen LogP contribution in [0.4, 0.5) is 23.0 Å². The van der Waals surface area contributed by atoms with Crippen LogP contribution in [-0.4, -0.2) is 45.6 Å². The molecule has 2 rings (SSSR count). The molecule has 0 amide bonds. The smallest absolute Gasteiger partial charge is 0.612 e. The average molecular weight is 424 g/mol. The molecular weight excluding hydrogens is 407 g/mol. The quantitative estimate of drug-likeness (QED) is 0.249.